The zero-order valence-corrected chi connectivity index (χ0v) is 8.01. The standard InChI is InChI=1S/C7H6ClN3OS/c8-6-2-1-5(13-6)7(12)4-3-9-11-10-4/h1-3,7,12H,(H,9,10,11). The number of hydrogen-bond acceptors (Lipinski definition) is 4. The monoisotopic (exact) mass is 215 g/mol. The highest BCUT2D eigenvalue weighted by Gasteiger charge is 2.14. The molecule has 0 aliphatic heterocycles. The van der Waals surface area contributed by atoms with E-state index in [9.17, 15) is 5.11 Å². The van der Waals surface area contributed by atoms with E-state index in [0.29, 0.717) is 10.0 Å². The first kappa shape index (κ1) is 8.68. The molecule has 2 aromatic heterocycles. The number of aromatic nitrogens is 3. The average Bonchev–Trinajstić information content (AvgIpc) is 2.72. The van der Waals surface area contributed by atoms with E-state index >= 15 is 0 Å². The summed E-state index contributed by atoms with van der Waals surface area (Å²) >= 11 is 7.06. The topological polar surface area (TPSA) is 61.8 Å². The molecule has 0 amide bonds. The zero-order chi connectivity index (χ0) is 9.26. The molecule has 13 heavy (non-hydrogen) atoms. The van der Waals surface area contributed by atoms with Crippen molar-refractivity contribution in [3.8, 4) is 0 Å². The van der Waals surface area contributed by atoms with Gasteiger partial charge in [0.1, 0.15) is 11.8 Å². The van der Waals surface area contributed by atoms with Crippen LogP contribution in [0.25, 0.3) is 0 Å². The third-order valence-electron chi connectivity index (χ3n) is 1.58. The maximum Gasteiger partial charge on any atom is 0.134 e. The van der Waals surface area contributed by atoms with Crippen LogP contribution in [0.4, 0.5) is 0 Å². The highest BCUT2D eigenvalue weighted by atomic mass is 35.5. The molecule has 2 N–H and O–H groups in total. The zero-order valence-electron chi connectivity index (χ0n) is 6.44. The fraction of sp³-hybridized carbons (Fsp3) is 0.143. The highest BCUT2D eigenvalue weighted by Crippen LogP contribution is 2.29. The van der Waals surface area contributed by atoms with Crippen molar-refractivity contribution in [3.05, 3.63) is 33.2 Å². The molecule has 0 bridgehead atoms. The van der Waals surface area contributed by atoms with Gasteiger partial charge in [-0.3, -0.25) is 0 Å². The van der Waals surface area contributed by atoms with Crippen molar-refractivity contribution in [1.82, 2.24) is 15.4 Å². The van der Waals surface area contributed by atoms with Crippen molar-refractivity contribution in [2.75, 3.05) is 0 Å². The molecule has 0 saturated carbocycles. The molecule has 0 fully saturated rings. The largest absolute Gasteiger partial charge is 0.381 e. The van der Waals surface area contributed by atoms with Crippen molar-refractivity contribution in [2.45, 2.75) is 6.10 Å². The van der Waals surface area contributed by atoms with Crippen LogP contribution < -0.4 is 0 Å². The molecule has 4 nitrogen and oxygen atoms in total. The van der Waals surface area contributed by atoms with Gasteiger partial charge in [0, 0.05) is 4.88 Å². The first-order valence-electron chi connectivity index (χ1n) is 3.56. The second kappa shape index (κ2) is 3.45. The van der Waals surface area contributed by atoms with Crippen LogP contribution in [0, 0.1) is 0 Å². The number of thiophene rings is 1. The summed E-state index contributed by atoms with van der Waals surface area (Å²) in [6.45, 7) is 0. The van der Waals surface area contributed by atoms with E-state index in [2.05, 4.69) is 15.4 Å². The lowest BCUT2D eigenvalue weighted by Crippen LogP contribution is -1.96. The molecular weight excluding hydrogens is 210 g/mol. The Kier molecular flexibility index (Phi) is 2.30. The van der Waals surface area contributed by atoms with Crippen LogP contribution in [-0.2, 0) is 0 Å². The molecule has 0 saturated heterocycles. The van der Waals surface area contributed by atoms with Crippen molar-refractivity contribution < 1.29 is 5.11 Å². The molecular formula is C7H6ClN3OS. The molecule has 2 rings (SSSR count). The van der Waals surface area contributed by atoms with E-state index in [1.54, 1.807) is 12.1 Å². The van der Waals surface area contributed by atoms with Crippen molar-refractivity contribution in [1.29, 1.82) is 0 Å². The van der Waals surface area contributed by atoms with Gasteiger partial charge in [-0.05, 0) is 12.1 Å². The fourth-order valence-electron chi connectivity index (χ4n) is 0.963. The smallest absolute Gasteiger partial charge is 0.134 e. The van der Waals surface area contributed by atoms with Crippen LogP contribution >= 0.6 is 22.9 Å². The first-order chi connectivity index (χ1) is 6.27. The van der Waals surface area contributed by atoms with Crippen LogP contribution in [0.2, 0.25) is 4.34 Å². The highest BCUT2D eigenvalue weighted by molar-refractivity contribution is 7.16. The quantitative estimate of drug-likeness (QED) is 0.800. The second-order valence-corrected chi connectivity index (χ2v) is 4.19. The Morgan fingerprint density at radius 2 is 2.38 bits per heavy atom. The minimum Gasteiger partial charge on any atom is -0.381 e. The van der Waals surface area contributed by atoms with E-state index in [1.807, 2.05) is 0 Å². The van der Waals surface area contributed by atoms with Gasteiger partial charge in [0.15, 0.2) is 0 Å². The molecule has 1 unspecified atom stereocenters. The fourth-order valence-corrected chi connectivity index (χ4v) is 2.02. The van der Waals surface area contributed by atoms with Crippen LogP contribution in [-0.4, -0.2) is 20.5 Å². The Labute approximate surface area is 83.2 Å². The van der Waals surface area contributed by atoms with Gasteiger partial charge in [-0.2, -0.15) is 15.4 Å². The lowest BCUT2D eigenvalue weighted by atomic mass is 10.2. The minimum absolute atomic E-state index is 0.499. The number of nitrogens with one attached hydrogen (secondary N) is 1. The van der Waals surface area contributed by atoms with Crippen molar-refractivity contribution in [2.24, 2.45) is 0 Å². The molecule has 0 aliphatic carbocycles. The average molecular weight is 216 g/mol. The second-order valence-electron chi connectivity index (χ2n) is 2.44. The number of aromatic amines is 1. The predicted molar refractivity (Wildman–Crippen MR) is 49.8 cm³/mol. The van der Waals surface area contributed by atoms with E-state index in [-0.39, 0.29) is 0 Å². The number of aliphatic hydroxyl groups excluding tert-OH is 1. The summed E-state index contributed by atoms with van der Waals surface area (Å²) in [4.78, 5) is 0.763. The Hall–Kier alpha value is -0.910. The summed E-state index contributed by atoms with van der Waals surface area (Å²) in [7, 11) is 0. The lowest BCUT2D eigenvalue weighted by Gasteiger charge is -2.01. The summed E-state index contributed by atoms with van der Waals surface area (Å²) in [5, 5.41) is 19.6. The molecule has 6 heteroatoms. The van der Waals surface area contributed by atoms with Gasteiger partial charge in [0.05, 0.1) is 10.5 Å². The van der Waals surface area contributed by atoms with Crippen LogP contribution in [0.15, 0.2) is 18.3 Å². The Bertz CT molecular complexity index is 386. The van der Waals surface area contributed by atoms with Crippen LogP contribution in [0.1, 0.15) is 16.7 Å². The van der Waals surface area contributed by atoms with Crippen LogP contribution in [0.3, 0.4) is 0 Å². The normalized spacial score (nSPS) is 13.1. The molecule has 0 radical (unpaired) electrons. The third kappa shape index (κ3) is 1.72. The number of H-pyrrole nitrogens is 1. The Balaban J connectivity index is 2.28. The molecule has 2 heterocycles. The Morgan fingerprint density at radius 3 is 2.92 bits per heavy atom. The van der Waals surface area contributed by atoms with E-state index in [4.69, 9.17) is 11.6 Å². The predicted octanol–water partition coefficient (Wildman–Crippen LogP) is 1.60. The van der Waals surface area contributed by atoms with E-state index in [0.717, 1.165) is 4.88 Å². The summed E-state index contributed by atoms with van der Waals surface area (Å²) in [6.07, 6.45) is 0.745. The summed E-state index contributed by atoms with van der Waals surface area (Å²) in [6, 6.07) is 3.51. The maximum absolute atomic E-state index is 9.72. The Morgan fingerprint density at radius 1 is 1.54 bits per heavy atom. The van der Waals surface area contributed by atoms with Gasteiger partial charge in [0.2, 0.25) is 0 Å². The van der Waals surface area contributed by atoms with E-state index in [1.165, 1.54) is 17.5 Å². The number of halogens is 1. The molecule has 0 aliphatic rings. The third-order valence-corrected chi connectivity index (χ3v) is 2.86. The molecule has 0 aromatic carbocycles. The number of hydrogen-bond donors (Lipinski definition) is 2. The summed E-state index contributed by atoms with van der Waals surface area (Å²) < 4.78 is 0.651. The minimum atomic E-state index is -0.740. The van der Waals surface area contributed by atoms with E-state index < -0.39 is 6.10 Å². The van der Waals surface area contributed by atoms with Gasteiger partial charge >= 0.3 is 0 Å². The molecule has 0 spiro atoms. The number of aliphatic hydroxyl groups is 1. The lowest BCUT2D eigenvalue weighted by molar-refractivity contribution is 0.219. The summed E-state index contributed by atoms with van der Waals surface area (Å²) in [5.74, 6) is 0. The molecule has 1 atom stereocenters. The molecule has 2 aromatic rings. The molecule has 68 valence electrons. The van der Waals surface area contributed by atoms with Crippen LogP contribution in [0.5, 0.6) is 0 Å². The number of nitrogens with zero attached hydrogens (tertiary/aromatic N) is 2. The van der Waals surface area contributed by atoms with Gasteiger partial charge in [0.25, 0.3) is 0 Å². The maximum atomic E-state index is 9.72. The van der Waals surface area contributed by atoms with Gasteiger partial charge in [-0.25, -0.2) is 0 Å². The van der Waals surface area contributed by atoms with Gasteiger partial charge in [-0.1, -0.05) is 11.6 Å². The summed E-state index contributed by atoms with van der Waals surface area (Å²) in [5.41, 5.74) is 0.499. The van der Waals surface area contributed by atoms with Crippen molar-refractivity contribution >= 4 is 22.9 Å². The number of rotatable bonds is 2. The van der Waals surface area contributed by atoms with Gasteiger partial charge < -0.3 is 5.11 Å². The first-order valence-corrected chi connectivity index (χ1v) is 4.76. The van der Waals surface area contributed by atoms with Crippen molar-refractivity contribution in [3.63, 3.8) is 0 Å². The van der Waals surface area contributed by atoms with Gasteiger partial charge in [-0.15, -0.1) is 11.3 Å². The SMILES string of the molecule is OC(c1cn[nH]n1)c1ccc(Cl)s1.